The Morgan fingerprint density at radius 1 is 1.42 bits per heavy atom. The van der Waals surface area contributed by atoms with Gasteiger partial charge in [0.15, 0.2) is 10.9 Å². The van der Waals surface area contributed by atoms with E-state index in [2.05, 4.69) is 24.5 Å². The van der Waals surface area contributed by atoms with Gasteiger partial charge in [0, 0.05) is 6.04 Å². The van der Waals surface area contributed by atoms with Gasteiger partial charge in [0.25, 0.3) is 5.91 Å². The largest absolute Gasteiger partial charge is 0.459 e. The maximum Gasteiger partial charge on any atom is 0.293 e. The van der Waals surface area contributed by atoms with E-state index in [0.717, 1.165) is 6.42 Å². The topological polar surface area (TPSA) is 54.3 Å². The standard InChI is InChI=1S/C14H20N2O2S/c1-9-5-3-6-11(10(9)2)15-14(19)16-13(17)12-7-4-8-18-12/h4,7-11H,3,5-6H2,1-2H3,(H2,15,16,17,19)/t9-,10-,11+/m1/s1. The highest BCUT2D eigenvalue weighted by Gasteiger charge is 2.27. The van der Waals surface area contributed by atoms with Gasteiger partial charge in [-0.3, -0.25) is 10.1 Å². The summed E-state index contributed by atoms with van der Waals surface area (Å²) in [6, 6.07) is 3.63. The minimum absolute atomic E-state index is 0.272. The Hall–Kier alpha value is -1.36. The van der Waals surface area contributed by atoms with Crippen molar-refractivity contribution in [2.45, 2.75) is 39.2 Å². The third-order valence-corrected chi connectivity index (χ3v) is 4.22. The van der Waals surface area contributed by atoms with Crippen molar-refractivity contribution >= 4 is 23.2 Å². The Bertz CT molecular complexity index is 444. The second-order valence-corrected chi connectivity index (χ2v) is 5.69. The molecule has 0 unspecified atom stereocenters. The lowest BCUT2D eigenvalue weighted by molar-refractivity contribution is 0.0948. The number of rotatable bonds is 2. The first-order chi connectivity index (χ1) is 9.08. The summed E-state index contributed by atoms with van der Waals surface area (Å²) in [5, 5.41) is 6.28. The second-order valence-electron chi connectivity index (χ2n) is 5.28. The SMILES string of the molecule is C[C@@H]1[C@H](C)CCC[C@@H]1NC(=S)NC(=O)c1ccco1. The molecule has 1 saturated carbocycles. The van der Waals surface area contributed by atoms with Crippen LogP contribution < -0.4 is 10.6 Å². The summed E-state index contributed by atoms with van der Waals surface area (Å²) in [6.45, 7) is 4.50. The average Bonchev–Trinajstić information content (AvgIpc) is 2.88. The fraction of sp³-hybridized carbons (Fsp3) is 0.571. The van der Waals surface area contributed by atoms with E-state index in [1.165, 1.54) is 19.1 Å². The number of amides is 1. The van der Waals surface area contributed by atoms with E-state index < -0.39 is 0 Å². The molecule has 1 aromatic rings. The first-order valence-corrected chi connectivity index (χ1v) is 7.14. The molecule has 3 atom stereocenters. The molecule has 1 heterocycles. The predicted octanol–water partition coefficient (Wildman–Crippen LogP) is 2.71. The lowest BCUT2D eigenvalue weighted by Crippen LogP contribution is -2.49. The van der Waals surface area contributed by atoms with Crippen LogP contribution in [-0.2, 0) is 0 Å². The maximum absolute atomic E-state index is 11.8. The molecule has 0 saturated heterocycles. The van der Waals surface area contributed by atoms with Crippen LogP contribution in [0.25, 0.3) is 0 Å². The van der Waals surface area contributed by atoms with Gasteiger partial charge in [0.05, 0.1) is 6.26 Å². The lowest BCUT2D eigenvalue weighted by atomic mass is 9.78. The molecule has 4 nitrogen and oxygen atoms in total. The monoisotopic (exact) mass is 280 g/mol. The smallest absolute Gasteiger partial charge is 0.293 e. The summed E-state index contributed by atoms with van der Waals surface area (Å²) < 4.78 is 5.02. The van der Waals surface area contributed by atoms with Crippen molar-refractivity contribution in [3.8, 4) is 0 Å². The highest BCUT2D eigenvalue weighted by molar-refractivity contribution is 7.80. The van der Waals surface area contributed by atoms with Crippen molar-refractivity contribution in [2.24, 2.45) is 11.8 Å². The van der Waals surface area contributed by atoms with Gasteiger partial charge < -0.3 is 9.73 Å². The van der Waals surface area contributed by atoms with Gasteiger partial charge in [-0.15, -0.1) is 0 Å². The zero-order chi connectivity index (χ0) is 13.8. The van der Waals surface area contributed by atoms with Crippen LogP contribution in [0.4, 0.5) is 0 Å². The van der Waals surface area contributed by atoms with Gasteiger partial charge in [-0.1, -0.05) is 26.7 Å². The predicted molar refractivity (Wildman–Crippen MR) is 77.9 cm³/mol. The average molecular weight is 280 g/mol. The first-order valence-electron chi connectivity index (χ1n) is 6.73. The highest BCUT2D eigenvalue weighted by atomic mass is 32.1. The van der Waals surface area contributed by atoms with E-state index in [0.29, 0.717) is 23.0 Å². The minimum Gasteiger partial charge on any atom is -0.459 e. The zero-order valence-corrected chi connectivity index (χ0v) is 12.1. The summed E-state index contributed by atoms with van der Waals surface area (Å²) in [7, 11) is 0. The quantitative estimate of drug-likeness (QED) is 0.818. The molecule has 0 aromatic carbocycles. The summed E-state index contributed by atoms with van der Waals surface area (Å²) in [5.41, 5.74) is 0. The molecule has 1 aliphatic rings. The number of hydrogen-bond acceptors (Lipinski definition) is 3. The number of furan rings is 1. The fourth-order valence-electron chi connectivity index (χ4n) is 2.56. The molecule has 2 rings (SSSR count). The molecule has 0 spiro atoms. The van der Waals surface area contributed by atoms with Gasteiger partial charge in [0.2, 0.25) is 0 Å². The normalized spacial score (nSPS) is 26.7. The van der Waals surface area contributed by atoms with Crippen LogP contribution in [0.5, 0.6) is 0 Å². The Balaban J connectivity index is 1.86. The van der Waals surface area contributed by atoms with Crippen LogP contribution in [-0.4, -0.2) is 17.1 Å². The van der Waals surface area contributed by atoms with E-state index in [1.54, 1.807) is 12.1 Å². The molecule has 19 heavy (non-hydrogen) atoms. The van der Waals surface area contributed by atoms with E-state index in [4.69, 9.17) is 16.6 Å². The molecule has 0 bridgehead atoms. The van der Waals surface area contributed by atoms with Gasteiger partial charge in [-0.2, -0.15) is 0 Å². The summed E-state index contributed by atoms with van der Waals surface area (Å²) >= 11 is 5.19. The molecule has 1 aromatic heterocycles. The first kappa shape index (κ1) is 14.1. The van der Waals surface area contributed by atoms with Crippen molar-refractivity contribution in [1.82, 2.24) is 10.6 Å². The number of hydrogen-bond donors (Lipinski definition) is 2. The number of nitrogens with one attached hydrogen (secondary N) is 2. The molecule has 0 aliphatic heterocycles. The third kappa shape index (κ3) is 3.56. The van der Waals surface area contributed by atoms with Crippen molar-refractivity contribution < 1.29 is 9.21 Å². The summed E-state index contributed by atoms with van der Waals surface area (Å²) in [6.07, 6.45) is 5.04. The van der Waals surface area contributed by atoms with Gasteiger partial charge in [0.1, 0.15) is 0 Å². The summed E-state index contributed by atoms with van der Waals surface area (Å²) in [4.78, 5) is 11.8. The minimum atomic E-state index is -0.306. The number of carbonyl (C=O) groups excluding carboxylic acids is 1. The van der Waals surface area contributed by atoms with E-state index >= 15 is 0 Å². The van der Waals surface area contributed by atoms with Crippen LogP contribution in [0.3, 0.4) is 0 Å². The Morgan fingerprint density at radius 2 is 2.21 bits per heavy atom. The van der Waals surface area contributed by atoms with Gasteiger partial charge in [-0.25, -0.2) is 0 Å². The molecule has 104 valence electrons. The van der Waals surface area contributed by atoms with Crippen LogP contribution in [0.15, 0.2) is 22.8 Å². The molecule has 2 N–H and O–H groups in total. The molecule has 5 heteroatoms. The van der Waals surface area contributed by atoms with E-state index in [-0.39, 0.29) is 11.7 Å². The third-order valence-electron chi connectivity index (χ3n) is 4.00. The van der Waals surface area contributed by atoms with E-state index in [9.17, 15) is 4.79 Å². The lowest BCUT2D eigenvalue weighted by Gasteiger charge is -2.35. The second kappa shape index (κ2) is 6.19. The maximum atomic E-state index is 11.8. The molecular weight excluding hydrogens is 260 g/mol. The van der Waals surface area contributed by atoms with Crippen molar-refractivity contribution in [1.29, 1.82) is 0 Å². The van der Waals surface area contributed by atoms with Gasteiger partial charge >= 0.3 is 0 Å². The van der Waals surface area contributed by atoms with Crippen LogP contribution in [0.2, 0.25) is 0 Å². The highest BCUT2D eigenvalue weighted by Crippen LogP contribution is 2.29. The van der Waals surface area contributed by atoms with Crippen LogP contribution in [0, 0.1) is 11.8 Å². The van der Waals surface area contributed by atoms with Crippen molar-refractivity contribution in [3.05, 3.63) is 24.2 Å². The Labute approximate surface area is 118 Å². The molecule has 1 aliphatic carbocycles. The molecule has 1 fully saturated rings. The van der Waals surface area contributed by atoms with Crippen molar-refractivity contribution in [3.63, 3.8) is 0 Å². The fourth-order valence-corrected chi connectivity index (χ4v) is 2.81. The molecule has 1 amide bonds. The Morgan fingerprint density at radius 3 is 2.89 bits per heavy atom. The van der Waals surface area contributed by atoms with Crippen LogP contribution >= 0.6 is 12.2 Å². The van der Waals surface area contributed by atoms with E-state index in [1.807, 2.05) is 0 Å². The summed E-state index contributed by atoms with van der Waals surface area (Å²) in [5.74, 6) is 1.22. The Kier molecular flexibility index (Phi) is 4.58. The number of thiocarbonyl (C=S) groups is 1. The van der Waals surface area contributed by atoms with Gasteiger partial charge in [-0.05, 0) is 42.6 Å². The number of carbonyl (C=O) groups is 1. The molecular formula is C14H20N2O2S. The van der Waals surface area contributed by atoms with Crippen LogP contribution in [0.1, 0.15) is 43.7 Å². The zero-order valence-electron chi connectivity index (χ0n) is 11.3. The van der Waals surface area contributed by atoms with Crippen molar-refractivity contribution in [2.75, 3.05) is 0 Å². The molecule has 0 radical (unpaired) electrons.